The third-order valence-electron chi connectivity index (χ3n) is 3.93. The summed E-state index contributed by atoms with van der Waals surface area (Å²) in [5.74, 6) is 0.340. The van der Waals surface area contributed by atoms with Crippen molar-refractivity contribution in [1.29, 1.82) is 0 Å². The maximum Gasteiger partial charge on any atom is 0.228 e. The molecule has 1 aromatic carbocycles. The molecule has 140 valence electrons. The molecule has 0 spiro atoms. The number of nitrogens with zero attached hydrogens (tertiary/aromatic N) is 3. The van der Waals surface area contributed by atoms with Crippen molar-refractivity contribution in [2.75, 3.05) is 23.9 Å². The van der Waals surface area contributed by atoms with Crippen LogP contribution in [0.25, 0.3) is 0 Å². The molecule has 0 aliphatic carbocycles. The van der Waals surface area contributed by atoms with Crippen molar-refractivity contribution < 1.29 is 17.5 Å². The molecule has 1 atom stereocenters. The van der Waals surface area contributed by atoms with Gasteiger partial charge < -0.3 is 15.8 Å². The fourth-order valence-corrected chi connectivity index (χ4v) is 3.74. The number of ether oxygens (including phenoxy) is 1. The highest BCUT2D eigenvalue weighted by atomic mass is 32.2. The fraction of sp³-hybridized carbons (Fsp3) is 0.438. The summed E-state index contributed by atoms with van der Waals surface area (Å²) < 4.78 is 44.1. The maximum absolute atomic E-state index is 14.2. The van der Waals surface area contributed by atoms with E-state index in [0.29, 0.717) is 24.3 Å². The van der Waals surface area contributed by atoms with Gasteiger partial charge >= 0.3 is 0 Å². The fourth-order valence-electron chi connectivity index (χ4n) is 2.77. The minimum Gasteiger partial charge on any atom is -0.493 e. The highest BCUT2D eigenvalue weighted by Crippen LogP contribution is 2.38. The molecule has 1 unspecified atom stereocenters. The van der Waals surface area contributed by atoms with Crippen molar-refractivity contribution >= 4 is 21.7 Å². The van der Waals surface area contributed by atoms with E-state index in [9.17, 15) is 12.8 Å². The van der Waals surface area contributed by atoms with Gasteiger partial charge in [0.2, 0.25) is 11.9 Å². The molecule has 26 heavy (non-hydrogen) atoms. The zero-order valence-electron chi connectivity index (χ0n) is 14.7. The van der Waals surface area contributed by atoms with Crippen LogP contribution in [-0.2, 0) is 15.5 Å². The van der Waals surface area contributed by atoms with E-state index in [4.69, 9.17) is 10.5 Å². The lowest BCUT2D eigenvalue weighted by molar-refractivity contribution is 0.206. The molecule has 2 heterocycles. The number of nitrogens with two attached hydrogens (primary N) is 1. The smallest absolute Gasteiger partial charge is 0.228 e. The van der Waals surface area contributed by atoms with E-state index in [2.05, 4.69) is 20.3 Å². The second-order valence-electron chi connectivity index (χ2n) is 6.59. The number of anilines is 2. The van der Waals surface area contributed by atoms with Crippen LogP contribution < -0.4 is 15.8 Å². The lowest BCUT2D eigenvalue weighted by Gasteiger charge is -2.28. The summed E-state index contributed by atoms with van der Waals surface area (Å²) >= 11 is 0. The topological polar surface area (TPSA) is 120 Å². The van der Waals surface area contributed by atoms with Gasteiger partial charge in [0.15, 0.2) is 21.3 Å². The van der Waals surface area contributed by atoms with Crippen LogP contribution in [-0.4, -0.2) is 36.2 Å². The second kappa shape index (κ2) is 6.35. The summed E-state index contributed by atoms with van der Waals surface area (Å²) in [4.78, 5) is 12.1. The summed E-state index contributed by atoms with van der Waals surface area (Å²) in [5, 5.41) is 3.05. The molecule has 0 amide bonds. The molecular formula is C16H20FN5O3S. The maximum atomic E-state index is 14.2. The van der Waals surface area contributed by atoms with E-state index in [1.165, 1.54) is 19.9 Å². The first kappa shape index (κ1) is 18.3. The van der Waals surface area contributed by atoms with Gasteiger partial charge in [-0.2, -0.15) is 15.0 Å². The summed E-state index contributed by atoms with van der Waals surface area (Å²) in [6.07, 6.45) is 1.62. The van der Waals surface area contributed by atoms with Crippen LogP contribution in [0.2, 0.25) is 0 Å². The van der Waals surface area contributed by atoms with Gasteiger partial charge in [-0.05, 0) is 26.0 Å². The van der Waals surface area contributed by atoms with E-state index >= 15 is 0 Å². The van der Waals surface area contributed by atoms with Crippen LogP contribution in [0.4, 0.5) is 16.3 Å². The minimum atomic E-state index is -3.47. The number of hydrogen-bond acceptors (Lipinski definition) is 8. The largest absolute Gasteiger partial charge is 0.493 e. The Kier molecular flexibility index (Phi) is 4.47. The molecule has 3 rings (SSSR count). The molecular weight excluding hydrogens is 361 g/mol. The number of fused-ring (bicyclic) bond motifs is 1. The Morgan fingerprint density at radius 2 is 2.04 bits per heavy atom. The van der Waals surface area contributed by atoms with Crippen molar-refractivity contribution in [2.45, 2.75) is 36.9 Å². The lowest BCUT2D eigenvalue weighted by atomic mass is 10.0. The van der Waals surface area contributed by atoms with Crippen LogP contribution in [0.15, 0.2) is 23.1 Å². The lowest BCUT2D eigenvalue weighted by Crippen LogP contribution is -2.25. The number of rotatable bonds is 4. The molecule has 0 saturated carbocycles. The zero-order valence-corrected chi connectivity index (χ0v) is 15.5. The molecule has 3 N–H and O–H groups in total. The van der Waals surface area contributed by atoms with Gasteiger partial charge in [0.1, 0.15) is 5.75 Å². The van der Waals surface area contributed by atoms with Crippen LogP contribution in [0.5, 0.6) is 5.75 Å². The number of alkyl halides is 1. The third-order valence-corrected chi connectivity index (χ3v) is 5.08. The summed E-state index contributed by atoms with van der Waals surface area (Å²) in [5.41, 5.74) is 4.37. The molecule has 2 aromatic rings. The summed E-state index contributed by atoms with van der Waals surface area (Å²) in [7, 11) is -3.47. The van der Waals surface area contributed by atoms with Gasteiger partial charge in [0.05, 0.1) is 17.5 Å². The van der Waals surface area contributed by atoms with Gasteiger partial charge in [0, 0.05) is 18.2 Å². The first-order chi connectivity index (χ1) is 12.1. The monoisotopic (exact) mass is 381 g/mol. The van der Waals surface area contributed by atoms with Crippen molar-refractivity contribution in [2.24, 2.45) is 0 Å². The molecule has 1 aliphatic heterocycles. The molecule has 0 bridgehead atoms. The van der Waals surface area contributed by atoms with Crippen molar-refractivity contribution in [3.63, 3.8) is 0 Å². The van der Waals surface area contributed by atoms with Gasteiger partial charge in [-0.1, -0.05) is 6.07 Å². The predicted molar refractivity (Wildman–Crippen MR) is 94.4 cm³/mol. The minimum absolute atomic E-state index is 0.0828. The number of aromatic nitrogens is 3. The van der Waals surface area contributed by atoms with E-state index in [0.717, 1.165) is 6.26 Å². The highest BCUT2D eigenvalue weighted by Gasteiger charge is 2.30. The Hall–Kier alpha value is -2.49. The molecule has 10 heteroatoms. The molecule has 8 nitrogen and oxygen atoms in total. The number of nitrogens with one attached hydrogen (secondary N) is 1. The number of halogens is 1. The zero-order chi connectivity index (χ0) is 19.1. The number of sulfone groups is 1. The van der Waals surface area contributed by atoms with E-state index < -0.39 is 21.5 Å². The van der Waals surface area contributed by atoms with E-state index in [-0.39, 0.29) is 22.6 Å². The summed E-state index contributed by atoms with van der Waals surface area (Å²) in [6.45, 7) is 3.02. The van der Waals surface area contributed by atoms with Crippen LogP contribution in [0, 0.1) is 0 Å². The standard InChI is InChI=1S/C16H20FN5O3S/c1-16(2,17)13-20-14(18)22-15(21-13)19-9-7-8-25-10-5-4-6-11(12(9)10)26(3,23)24/h4-6,9H,7-8H2,1-3H3,(H3,18,19,20,21,22). The summed E-state index contributed by atoms with van der Waals surface area (Å²) in [6, 6.07) is 4.43. The van der Waals surface area contributed by atoms with Crippen molar-refractivity contribution in [3.8, 4) is 5.75 Å². The SMILES string of the molecule is CC(C)(F)c1nc(N)nc(NC2CCOc3cccc(S(C)(=O)=O)c32)n1. The molecule has 0 fully saturated rings. The number of benzene rings is 1. The Bertz CT molecular complexity index is 943. The van der Waals surface area contributed by atoms with Gasteiger partial charge in [-0.3, -0.25) is 0 Å². The van der Waals surface area contributed by atoms with Crippen LogP contribution >= 0.6 is 0 Å². The predicted octanol–water partition coefficient (Wildman–Crippen LogP) is 2.00. The highest BCUT2D eigenvalue weighted by molar-refractivity contribution is 7.90. The first-order valence-corrected chi connectivity index (χ1v) is 9.88. The first-order valence-electron chi connectivity index (χ1n) is 7.99. The average Bonchev–Trinajstić information content (AvgIpc) is 2.52. The average molecular weight is 381 g/mol. The Morgan fingerprint density at radius 3 is 2.69 bits per heavy atom. The normalized spacial score (nSPS) is 17.3. The quantitative estimate of drug-likeness (QED) is 0.825. The van der Waals surface area contributed by atoms with Crippen molar-refractivity contribution in [3.05, 3.63) is 29.6 Å². The Morgan fingerprint density at radius 1 is 1.31 bits per heavy atom. The van der Waals surface area contributed by atoms with E-state index in [1.54, 1.807) is 12.1 Å². The Labute approximate surface area is 150 Å². The number of nitrogen functional groups attached to an aromatic ring is 1. The Balaban J connectivity index is 2.03. The van der Waals surface area contributed by atoms with E-state index in [1.807, 2.05) is 0 Å². The second-order valence-corrected chi connectivity index (χ2v) is 8.57. The van der Waals surface area contributed by atoms with Crippen LogP contribution in [0.1, 0.15) is 37.7 Å². The number of hydrogen-bond donors (Lipinski definition) is 2. The molecule has 1 aromatic heterocycles. The molecule has 1 aliphatic rings. The van der Waals surface area contributed by atoms with Gasteiger partial charge in [0.25, 0.3) is 0 Å². The van der Waals surface area contributed by atoms with Crippen molar-refractivity contribution in [1.82, 2.24) is 15.0 Å². The third kappa shape index (κ3) is 3.69. The molecule has 0 saturated heterocycles. The molecule has 0 radical (unpaired) electrons. The van der Waals surface area contributed by atoms with Gasteiger partial charge in [-0.15, -0.1) is 0 Å². The van der Waals surface area contributed by atoms with Gasteiger partial charge in [-0.25, -0.2) is 12.8 Å². The van der Waals surface area contributed by atoms with Crippen LogP contribution in [0.3, 0.4) is 0 Å².